The summed E-state index contributed by atoms with van der Waals surface area (Å²) in [6.45, 7) is 27.3. The van der Waals surface area contributed by atoms with Gasteiger partial charge in [0, 0.05) is 44.0 Å². The van der Waals surface area contributed by atoms with E-state index in [-0.39, 0.29) is 42.7 Å². The first kappa shape index (κ1) is 52.9. The van der Waals surface area contributed by atoms with Gasteiger partial charge in [0.05, 0.1) is 42.7 Å². The monoisotopic (exact) mass is 956 g/mol. The van der Waals surface area contributed by atoms with E-state index in [0.29, 0.717) is 20.4 Å². The lowest BCUT2D eigenvalue weighted by Gasteiger charge is -2.28. The highest BCUT2D eigenvalue weighted by molar-refractivity contribution is 14.1. The van der Waals surface area contributed by atoms with E-state index in [4.69, 9.17) is 37.9 Å². The van der Waals surface area contributed by atoms with Crippen molar-refractivity contribution < 1.29 is 37.9 Å². The lowest BCUT2D eigenvalue weighted by atomic mass is 10.00. The molecule has 0 unspecified atom stereocenters. The molecule has 332 valence electrons. The molecule has 0 bridgehead atoms. The van der Waals surface area contributed by atoms with E-state index in [1.165, 1.54) is 31.7 Å². The first-order valence-corrected chi connectivity index (χ1v) is 35.1. The van der Waals surface area contributed by atoms with Crippen molar-refractivity contribution in [1.29, 1.82) is 0 Å². The Labute approximate surface area is 362 Å². The molecule has 56 heavy (non-hydrogen) atoms. The minimum Gasteiger partial charge on any atom is -0.370 e. The molecule has 0 aromatic carbocycles. The van der Waals surface area contributed by atoms with Crippen LogP contribution in [0.15, 0.2) is 10.2 Å². The van der Waals surface area contributed by atoms with Crippen LogP contribution < -0.4 is 0 Å². The molecule has 0 aromatic rings. The zero-order valence-corrected chi connectivity index (χ0v) is 43.2. The summed E-state index contributed by atoms with van der Waals surface area (Å²) in [6.07, 6.45) is 20.5. The molecule has 7 atom stereocenters. The van der Waals surface area contributed by atoms with E-state index in [1.54, 1.807) is 0 Å². The van der Waals surface area contributed by atoms with Crippen LogP contribution in [0.1, 0.15) is 110 Å². The third-order valence-corrected chi connectivity index (χ3v) is 16.7. The second kappa shape index (κ2) is 30.0. The van der Waals surface area contributed by atoms with E-state index in [9.17, 15) is 0 Å². The van der Waals surface area contributed by atoms with Crippen LogP contribution in [-0.2, 0) is 37.9 Å². The number of unbranched alkanes of at least 4 members (excludes halogenated alkanes) is 5. The molecule has 2 heterocycles. The largest absolute Gasteiger partial charge is 0.370 e. The first-order valence-electron chi connectivity index (χ1n) is 22.7. The lowest BCUT2D eigenvalue weighted by molar-refractivity contribution is -0.162. The van der Waals surface area contributed by atoms with Crippen molar-refractivity contribution in [2.24, 2.45) is 0 Å². The predicted molar refractivity (Wildman–Crippen MR) is 252 cm³/mol. The Morgan fingerprint density at radius 3 is 1.43 bits per heavy atom. The molecular formula is C44H89IO8Si3. The summed E-state index contributed by atoms with van der Waals surface area (Å²) in [6, 6.07) is 3.49. The third-order valence-electron chi connectivity index (χ3n) is 11.1. The number of ether oxygens (including phenoxy) is 8. The smallest absolute Gasteiger partial charge is 0.147 e. The molecule has 0 radical (unpaired) electrons. The summed E-state index contributed by atoms with van der Waals surface area (Å²) in [5.41, 5.74) is 0. The van der Waals surface area contributed by atoms with E-state index in [1.807, 2.05) is 0 Å². The van der Waals surface area contributed by atoms with Gasteiger partial charge in [-0.15, -0.1) is 0 Å². The van der Waals surface area contributed by atoms with Crippen molar-refractivity contribution in [2.75, 3.05) is 40.2 Å². The fourth-order valence-electron chi connectivity index (χ4n) is 7.26. The fourth-order valence-corrected chi connectivity index (χ4v) is 9.89. The highest BCUT2D eigenvalue weighted by atomic mass is 127. The molecule has 12 heteroatoms. The van der Waals surface area contributed by atoms with E-state index < -0.39 is 24.2 Å². The Bertz CT molecular complexity index is 989. The van der Waals surface area contributed by atoms with Crippen molar-refractivity contribution in [3.05, 3.63) is 10.2 Å². The Kier molecular flexibility index (Phi) is 28.3. The zero-order chi connectivity index (χ0) is 41.3. The van der Waals surface area contributed by atoms with Gasteiger partial charge in [-0.3, -0.25) is 0 Å². The van der Waals surface area contributed by atoms with Crippen LogP contribution in [0.2, 0.25) is 77.1 Å². The highest BCUT2D eigenvalue weighted by Gasteiger charge is 2.42. The molecule has 8 nitrogen and oxygen atoms in total. The molecule has 0 spiro atoms. The second-order valence-corrected chi connectivity index (χ2v) is 37.8. The molecule has 2 fully saturated rings. The maximum Gasteiger partial charge on any atom is 0.147 e. The fraction of sp³-hybridized carbons (Fsp3) is 0.955. The van der Waals surface area contributed by atoms with Crippen LogP contribution >= 0.6 is 22.6 Å². The number of rotatable bonds is 35. The normalized spacial score (nSPS) is 22.7. The van der Waals surface area contributed by atoms with E-state index in [2.05, 4.69) is 98.6 Å². The van der Waals surface area contributed by atoms with Crippen LogP contribution in [0.5, 0.6) is 0 Å². The Morgan fingerprint density at radius 1 is 0.554 bits per heavy atom. The highest BCUT2D eigenvalue weighted by Crippen LogP contribution is 2.36. The maximum absolute atomic E-state index is 6.84. The zero-order valence-electron chi connectivity index (χ0n) is 38.0. The average molecular weight is 957 g/mol. The second-order valence-electron chi connectivity index (χ2n) is 20.2. The van der Waals surface area contributed by atoms with Crippen molar-refractivity contribution in [3.8, 4) is 0 Å². The van der Waals surface area contributed by atoms with Gasteiger partial charge in [-0.1, -0.05) is 133 Å². The standard InChI is InChI=1S/C44H89IO8Si3/c1-11-12-20-38(49-35-46-29-32-54(2,3)4)21-16-15-18-23-40(51-37-48-31-34-56(8,9)10)42-25-27-44(53-42)43-26-24-41(52-43)39(22-17-13-14-19-28-45)50-36-47-30-33-55(5,6)7/h19,28,38-44H,11-18,20-27,29-37H2,1-10H3/b28-19+/t38-,39+,40+,41+,42+,43+,44+/m0/s1. The Hall–Kier alpha value is 0.801. The molecular weight excluding hydrogens is 868 g/mol. The summed E-state index contributed by atoms with van der Waals surface area (Å²) in [7, 11) is -3.37. The van der Waals surface area contributed by atoms with Gasteiger partial charge in [-0.2, -0.15) is 0 Å². The van der Waals surface area contributed by atoms with Crippen molar-refractivity contribution >= 4 is 46.8 Å². The Morgan fingerprint density at radius 2 is 0.982 bits per heavy atom. The number of halogens is 1. The lowest BCUT2D eigenvalue weighted by Crippen LogP contribution is -2.35. The summed E-state index contributed by atoms with van der Waals surface area (Å²) in [5.74, 6) is 0. The number of allylic oxidation sites excluding steroid dienone is 1. The molecule has 0 N–H and O–H groups in total. The summed E-state index contributed by atoms with van der Waals surface area (Å²) in [4.78, 5) is 0. The minimum atomic E-state index is -1.15. The van der Waals surface area contributed by atoms with Crippen molar-refractivity contribution in [1.82, 2.24) is 0 Å². The molecule has 0 saturated carbocycles. The quantitative estimate of drug-likeness (QED) is 0.0269. The van der Waals surface area contributed by atoms with Crippen LogP contribution in [-0.4, -0.2) is 107 Å². The van der Waals surface area contributed by atoms with Gasteiger partial charge >= 0.3 is 0 Å². The molecule has 2 saturated heterocycles. The van der Waals surface area contributed by atoms with Gasteiger partial charge in [-0.05, 0) is 86.4 Å². The van der Waals surface area contributed by atoms with Gasteiger partial charge in [0.2, 0.25) is 0 Å². The van der Waals surface area contributed by atoms with Gasteiger partial charge in [0.1, 0.15) is 20.4 Å². The van der Waals surface area contributed by atoms with Gasteiger partial charge < -0.3 is 37.9 Å². The van der Waals surface area contributed by atoms with Crippen LogP contribution in [0.4, 0.5) is 0 Å². The minimum absolute atomic E-state index is 0.0389. The topological polar surface area (TPSA) is 73.8 Å². The number of hydrogen-bond acceptors (Lipinski definition) is 8. The average Bonchev–Trinajstić information content (AvgIpc) is 3.80. The predicted octanol–water partition coefficient (Wildman–Crippen LogP) is 12.8. The van der Waals surface area contributed by atoms with Crippen LogP contribution in [0.25, 0.3) is 0 Å². The molecule has 2 rings (SSSR count). The van der Waals surface area contributed by atoms with E-state index >= 15 is 0 Å². The molecule has 2 aliphatic heterocycles. The van der Waals surface area contributed by atoms with Crippen LogP contribution in [0.3, 0.4) is 0 Å². The maximum atomic E-state index is 6.84. The molecule has 0 aliphatic carbocycles. The van der Waals surface area contributed by atoms with Gasteiger partial charge in [0.25, 0.3) is 0 Å². The van der Waals surface area contributed by atoms with E-state index in [0.717, 1.165) is 109 Å². The Balaban J connectivity index is 1.90. The molecule has 0 amide bonds. The van der Waals surface area contributed by atoms with Crippen molar-refractivity contribution in [3.63, 3.8) is 0 Å². The first-order chi connectivity index (χ1) is 26.6. The number of hydrogen-bond donors (Lipinski definition) is 0. The van der Waals surface area contributed by atoms with Gasteiger partial charge in [0.15, 0.2) is 0 Å². The van der Waals surface area contributed by atoms with Crippen molar-refractivity contribution in [2.45, 2.75) is 229 Å². The van der Waals surface area contributed by atoms with Gasteiger partial charge in [-0.25, -0.2) is 0 Å². The molecule has 0 aromatic heterocycles. The molecule has 2 aliphatic rings. The summed E-state index contributed by atoms with van der Waals surface area (Å²) < 4.78 is 52.8. The third kappa shape index (κ3) is 26.9. The SMILES string of the molecule is CCCC[C@@H](CCCCC[C@@H](OCOCC[Si](C)(C)C)[C@H]1CC[C@H]([C@H]2CC[C@H]([C@@H](CCCC/C=C/I)OCOCC[Si](C)(C)C)O2)O1)OCOCC[Si](C)(C)C. The van der Waals surface area contributed by atoms with Crippen LogP contribution in [0, 0.1) is 0 Å². The summed E-state index contributed by atoms with van der Waals surface area (Å²) >= 11 is 2.30. The summed E-state index contributed by atoms with van der Waals surface area (Å²) in [5, 5.41) is 0.